The molecule has 0 aliphatic rings. The van der Waals surface area contributed by atoms with Crippen molar-refractivity contribution in [1.82, 2.24) is 0 Å². The van der Waals surface area contributed by atoms with Crippen LogP contribution in [-0.2, 0) is 0 Å². The molecule has 2 nitrogen and oxygen atoms in total. The molecular formula is C17H13ClO2. The van der Waals surface area contributed by atoms with Crippen molar-refractivity contribution in [2.24, 2.45) is 0 Å². The summed E-state index contributed by atoms with van der Waals surface area (Å²) >= 11 is 6.08. The molecule has 0 saturated carbocycles. The fourth-order valence-corrected chi connectivity index (χ4v) is 2.66. The molecule has 0 unspecified atom stereocenters. The number of hydrogen-bond acceptors (Lipinski definition) is 2. The molecular weight excluding hydrogens is 272 g/mol. The Morgan fingerprint density at radius 1 is 1.05 bits per heavy atom. The van der Waals surface area contributed by atoms with Crippen LogP contribution in [-0.4, -0.2) is 5.78 Å². The topological polar surface area (TPSA) is 30.2 Å². The Labute approximate surface area is 122 Å². The molecule has 3 heteroatoms. The Morgan fingerprint density at radius 2 is 1.70 bits per heavy atom. The fourth-order valence-electron chi connectivity index (χ4n) is 2.44. The van der Waals surface area contributed by atoms with Crippen LogP contribution in [0.25, 0.3) is 11.0 Å². The van der Waals surface area contributed by atoms with Gasteiger partial charge in [-0.05, 0) is 37.1 Å². The number of fused-ring (bicyclic) bond motifs is 1. The van der Waals surface area contributed by atoms with Gasteiger partial charge < -0.3 is 4.42 Å². The van der Waals surface area contributed by atoms with Crippen LogP contribution in [0.3, 0.4) is 0 Å². The molecule has 0 radical (unpaired) electrons. The Balaban J connectivity index is 2.16. The predicted molar refractivity (Wildman–Crippen MR) is 80.6 cm³/mol. The zero-order valence-corrected chi connectivity index (χ0v) is 12.0. The first kappa shape index (κ1) is 12.9. The summed E-state index contributed by atoms with van der Waals surface area (Å²) in [6.07, 6.45) is 0. The molecule has 0 N–H and O–H groups in total. The van der Waals surface area contributed by atoms with Gasteiger partial charge >= 0.3 is 0 Å². The van der Waals surface area contributed by atoms with Gasteiger partial charge in [-0.1, -0.05) is 41.9 Å². The van der Waals surface area contributed by atoms with Crippen molar-refractivity contribution in [2.45, 2.75) is 13.8 Å². The van der Waals surface area contributed by atoms with Crippen LogP contribution in [0.15, 0.2) is 46.9 Å². The number of carbonyl (C=O) groups excluding carboxylic acids is 1. The van der Waals surface area contributed by atoms with E-state index in [0.717, 1.165) is 16.5 Å². The lowest BCUT2D eigenvalue weighted by molar-refractivity contribution is 0.101. The number of carbonyl (C=O) groups is 1. The van der Waals surface area contributed by atoms with Gasteiger partial charge in [0.1, 0.15) is 0 Å². The first-order valence-electron chi connectivity index (χ1n) is 6.37. The van der Waals surface area contributed by atoms with Gasteiger partial charge in [0.05, 0.1) is 5.02 Å². The fraction of sp³-hybridized carbons (Fsp3) is 0.118. The maximum absolute atomic E-state index is 12.6. The third-order valence-electron chi connectivity index (χ3n) is 3.43. The van der Waals surface area contributed by atoms with Crippen molar-refractivity contribution < 1.29 is 9.21 Å². The van der Waals surface area contributed by atoms with Crippen LogP contribution >= 0.6 is 11.6 Å². The number of para-hydroxylation sites is 1. The van der Waals surface area contributed by atoms with Gasteiger partial charge in [0.25, 0.3) is 0 Å². The molecule has 0 aliphatic heterocycles. The minimum atomic E-state index is -0.104. The zero-order chi connectivity index (χ0) is 14.3. The van der Waals surface area contributed by atoms with E-state index >= 15 is 0 Å². The molecule has 0 spiro atoms. The van der Waals surface area contributed by atoms with Gasteiger partial charge in [0.15, 0.2) is 11.3 Å². The van der Waals surface area contributed by atoms with Gasteiger partial charge in [-0.15, -0.1) is 0 Å². The number of benzene rings is 2. The Hall–Kier alpha value is -2.06. The van der Waals surface area contributed by atoms with Crippen LogP contribution in [0.2, 0.25) is 5.02 Å². The van der Waals surface area contributed by atoms with Crippen LogP contribution in [0.5, 0.6) is 0 Å². The van der Waals surface area contributed by atoms with Crippen molar-refractivity contribution >= 4 is 28.4 Å². The maximum atomic E-state index is 12.6. The lowest BCUT2D eigenvalue weighted by atomic mass is 9.98. The smallest absolute Gasteiger partial charge is 0.228 e. The van der Waals surface area contributed by atoms with Gasteiger partial charge in [-0.2, -0.15) is 0 Å². The standard InChI is InChI=1S/C17H13ClO2/c1-10-5-3-6-11(2)15(10)16(19)14-9-12-7-4-8-13(18)17(12)20-14/h3-9H,1-2H3. The van der Waals surface area contributed by atoms with Gasteiger partial charge in [0, 0.05) is 10.9 Å². The molecule has 20 heavy (non-hydrogen) atoms. The lowest BCUT2D eigenvalue weighted by Gasteiger charge is -2.06. The number of hydrogen-bond donors (Lipinski definition) is 0. The summed E-state index contributed by atoms with van der Waals surface area (Å²) in [5, 5.41) is 1.36. The summed E-state index contributed by atoms with van der Waals surface area (Å²) in [6, 6.07) is 13.0. The first-order valence-corrected chi connectivity index (χ1v) is 6.74. The minimum Gasteiger partial charge on any atom is -0.451 e. The Kier molecular flexibility index (Phi) is 3.11. The van der Waals surface area contributed by atoms with Crippen molar-refractivity contribution in [2.75, 3.05) is 0 Å². The molecule has 3 aromatic rings. The van der Waals surface area contributed by atoms with E-state index < -0.39 is 0 Å². The largest absolute Gasteiger partial charge is 0.451 e. The first-order chi connectivity index (χ1) is 9.58. The Bertz CT molecular complexity index is 795. The minimum absolute atomic E-state index is 0.104. The zero-order valence-electron chi connectivity index (χ0n) is 11.2. The Morgan fingerprint density at radius 3 is 2.35 bits per heavy atom. The molecule has 3 rings (SSSR count). The second-order valence-corrected chi connectivity index (χ2v) is 5.27. The van der Waals surface area contributed by atoms with Crippen molar-refractivity contribution in [3.8, 4) is 0 Å². The molecule has 0 saturated heterocycles. The van der Waals surface area contributed by atoms with E-state index in [0.29, 0.717) is 21.9 Å². The second-order valence-electron chi connectivity index (χ2n) is 4.86. The molecule has 0 fully saturated rings. The molecule has 1 heterocycles. The molecule has 2 aromatic carbocycles. The average Bonchev–Trinajstić information content (AvgIpc) is 2.84. The highest BCUT2D eigenvalue weighted by Crippen LogP contribution is 2.28. The summed E-state index contributed by atoms with van der Waals surface area (Å²) in [7, 11) is 0. The maximum Gasteiger partial charge on any atom is 0.228 e. The van der Waals surface area contributed by atoms with E-state index in [1.54, 1.807) is 12.1 Å². The summed E-state index contributed by atoms with van der Waals surface area (Å²) in [5.74, 6) is 0.221. The molecule has 100 valence electrons. The lowest BCUT2D eigenvalue weighted by Crippen LogP contribution is -2.04. The molecule has 1 aromatic heterocycles. The van der Waals surface area contributed by atoms with E-state index in [9.17, 15) is 4.79 Å². The van der Waals surface area contributed by atoms with Crippen molar-refractivity contribution in [3.05, 3.63) is 69.9 Å². The summed E-state index contributed by atoms with van der Waals surface area (Å²) in [5.41, 5.74) is 3.15. The molecule has 0 aliphatic carbocycles. The van der Waals surface area contributed by atoms with E-state index in [4.69, 9.17) is 16.0 Å². The number of ketones is 1. The second kappa shape index (κ2) is 4.80. The van der Waals surface area contributed by atoms with Gasteiger partial charge in [0.2, 0.25) is 5.78 Å². The van der Waals surface area contributed by atoms with E-state index in [2.05, 4.69) is 0 Å². The molecule has 0 bridgehead atoms. The van der Waals surface area contributed by atoms with E-state index in [1.807, 2.05) is 44.2 Å². The van der Waals surface area contributed by atoms with Crippen LogP contribution in [0.1, 0.15) is 27.2 Å². The van der Waals surface area contributed by atoms with Crippen LogP contribution in [0, 0.1) is 13.8 Å². The summed E-state index contributed by atoms with van der Waals surface area (Å²) < 4.78 is 5.64. The number of furan rings is 1. The highest BCUT2D eigenvalue weighted by molar-refractivity contribution is 6.35. The number of aryl methyl sites for hydroxylation is 2. The van der Waals surface area contributed by atoms with Crippen molar-refractivity contribution in [1.29, 1.82) is 0 Å². The van der Waals surface area contributed by atoms with Gasteiger partial charge in [-0.25, -0.2) is 0 Å². The highest BCUT2D eigenvalue weighted by atomic mass is 35.5. The SMILES string of the molecule is Cc1cccc(C)c1C(=O)c1cc2cccc(Cl)c2o1. The van der Waals surface area contributed by atoms with Gasteiger partial charge in [-0.3, -0.25) is 4.79 Å². The third kappa shape index (κ3) is 2.02. The summed E-state index contributed by atoms with van der Waals surface area (Å²) in [6.45, 7) is 3.85. The average molecular weight is 285 g/mol. The predicted octanol–water partition coefficient (Wildman–Crippen LogP) is 4.93. The number of rotatable bonds is 2. The number of halogens is 1. The van der Waals surface area contributed by atoms with E-state index in [1.165, 1.54) is 0 Å². The third-order valence-corrected chi connectivity index (χ3v) is 3.73. The van der Waals surface area contributed by atoms with Crippen LogP contribution in [0.4, 0.5) is 0 Å². The molecule has 0 amide bonds. The van der Waals surface area contributed by atoms with Crippen LogP contribution < -0.4 is 0 Å². The monoisotopic (exact) mass is 284 g/mol. The quantitative estimate of drug-likeness (QED) is 0.624. The van der Waals surface area contributed by atoms with E-state index in [-0.39, 0.29) is 5.78 Å². The molecule has 0 atom stereocenters. The van der Waals surface area contributed by atoms with Crippen molar-refractivity contribution in [3.63, 3.8) is 0 Å². The normalized spacial score (nSPS) is 10.9. The highest BCUT2D eigenvalue weighted by Gasteiger charge is 2.19. The summed E-state index contributed by atoms with van der Waals surface area (Å²) in [4.78, 5) is 12.6.